The summed E-state index contributed by atoms with van der Waals surface area (Å²) in [6.45, 7) is 1.86. The highest BCUT2D eigenvalue weighted by atomic mass is 35.5. The number of likely N-dealkylation sites (N-methyl/N-ethyl adjacent to an activating group) is 1. The minimum atomic E-state index is -0.302. The van der Waals surface area contributed by atoms with Gasteiger partial charge in [-0.05, 0) is 20.0 Å². The van der Waals surface area contributed by atoms with E-state index in [0.29, 0.717) is 22.8 Å². The van der Waals surface area contributed by atoms with Gasteiger partial charge in [0.2, 0.25) is 0 Å². The molecule has 0 spiro atoms. The monoisotopic (exact) mass is 311 g/mol. The van der Waals surface area contributed by atoms with Crippen LogP contribution in [0.4, 0.5) is 4.39 Å². The van der Waals surface area contributed by atoms with Crippen molar-refractivity contribution in [1.29, 1.82) is 0 Å². The molecule has 0 saturated carbocycles. The average Bonchev–Trinajstić information content (AvgIpc) is 2.70. The zero-order valence-corrected chi connectivity index (χ0v) is 13.3. The molecule has 6 heteroatoms. The van der Waals surface area contributed by atoms with E-state index in [1.165, 1.54) is 13.2 Å². The summed E-state index contributed by atoms with van der Waals surface area (Å²) in [5, 5.41) is 8.04. The lowest BCUT2D eigenvalue weighted by atomic mass is 10.0. The molecule has 0 aliphatic heterocycles. The second-order valence-corrected chi connectivity index (χ2v) is 5.28. The normalized spacial score (nSPS) is 12.5. The van der Waals surface area contributed by atoms with Gasteiger partial charge in [0.25, 0.3) is 0 Å². The third-order valence-electron chi connectivity index (χ3n) is 3.59. The van der Waals surface area contributed by atoms with E-state index in [2.05, 4.69) is 10.4 Å². The van der Waals surface area contributed by atoms with Crippen molar-refractivity contribution in [3.05, 3.63) is 46.0 Å². The van der Waals surface area contributed by atoms with Gasteiger partial charge < -0.3 is 10.1 Å². The van der Waals surface area contributed by atoms with E-state index in [4.69, 9.17) is 16.3 Å². The number of rotatable bonds is 5. The third-order valence-corrected chi connectivity index (χ3v) is 4.08. The largest absolute Gasteiger partial charge is 0.497 e. The third kappa shape index (κ3) is 3.19. The molecule has 1 heterocycles. The fourth-order valence-electron chi connectivity index (χ4n) is 2.38. The summed E-state index contributed by atoms with van der Waals surface area (Å²) in [4.78, 5) is 0. The van der Waals surface area contributed by atoms with Crippen LogP contribution in [0.25, 0.3) is 0 Å². The van der Waals surface area contributed by atoms with Crippen LogP contribution in [0.3, 0.4) is 0 Å². The van der Waals surface area contributed by atoms with Gasteiger partial charge in [0.1, 0.15) is 11.6 Å². The number of ether oxygens (including phenoxy) is 1. The Morgan fingerprint density at radius 1 is 1.48 bits per heavy atom. The van der Waals surface area contributed by atoms with Gasteiger partial charge in [-0.25, -0.2) is 4.39 Å². The van der Waals surface area contributed by atoms with E-state index < -0.39 is 0 Å². The fourth-order valence-corrected chi connectivity index (χ4v) is 2.62. The maximum atomic E-state index is 14.2. The van der Waals surface area contributed by atoms with Crippen molar-refractivity contribution in [3.8, 4) is 5.75 Å². The highest BCUT2D eigenvalue weighted by Gasteiger charge is 2.20. The van der Waals surface area contributed by atoms with Gasteiger partial charge in [-0.3, -0.25) is 4.68 Å². The van der Waals surface area contributed by atoms with Crippen molar-refractivity contribution in [1.82, 2.24) is 15.1 Å². The first-order chi connectivity index (χ1) is 9.97. The maximum absolute atomic E-state index is 14.2. The number of nitrogens with zero attached hydrogens (tertiary/aromatic N) is 2. The summed E-state index contributed by atoms with van der Waals surface area (Å²) < 4.78 is 21.0. The van der Waals surface area contributed by atoms with Gasteiger partial charge >= 0.3 is 0 Å². The Labute approximate surface area is 128 Å². The summed E-state index contributed by atoms with van der Waals surface area (Å²) in [6.07, 6.45) is 0.552. The first-order valence-electron chi connectivity index (χ1n) is 6.66. The molecule has 0 bridgehead atoms. The Morgan fingerprint density at radius 2 is 2.19 bits per heavy atom. The van der Waals surface area contributed by atoms with Crippen LogP contribution < -0.4 is 10.1 Å². The molecule has 0 fully saturated rings. The Hall–Kier alpha value is -1.59. The molecule has 0 aliphatic rings. The molecule has 0 saturated heterocycles. The first kappa shape index (κ1) is 15.8. The summed E-state index contributed by atoms with van der Waals surface area (Å²) in [6, 6.07) is 4.67. The standard InChI is InChI=1S/C15H19ClFN3O/c1-9-15(16)14(20(3)19-9)8-13(18-2)11-6-5-10(21-4)7-12(11)17/h5-7,13,18H,8H2,1-4H3. The minimum Gasteiger partial charge on any atom is -0.497 e. The van der Waals surface area contributed by atoms with Gasteiger partial charge in [0.15, 0.2) is 0 Å². The molecule has 1 atom stereocenters. The topological polar surface area (TPSA) is 39.1 Å². The molecule has 0 amide bonds. The van der Waals surface area contributed by atoms with Crippen LogP contribution in [0.15, 0.2) is 18.2 Å². The van der Waals surface area contributed by atoms with Gasteiger partial charge in [-0.15, -0.1) is 0 Å². The number of hydrogen-bond donors (Lipinski definition) is 1. The Morgan fingerprint density at radius 3 is 2.67 bits per heavy atom. The molecule has 2 rings (SSSR count). The molecule has 0 radical (unpaired) electrons. The number of benzene rings is 1. The second-order valence-electron chi connectivity index (χ2n) is 4.90. The van der Waals surface area contributed by atoms with E-state index in [1.807, 2.05) is 14.0 Å². The van der Waals surface area contributed by atoms with Crippen LogP contribution in [0, 0.1) is 12.7 Å². The average molecular weight is 312 g/mol. The zero-order chi connectivity index (χ0) is 15.6. The van der Waals surface area contributed by atoms with Crippen molar-refractivity contribution in [2.24, 2.45) is 7.05 Å². The lowest BCUT2D eigenvalue weighted by molar-refractivity contribution is 0.409. The maximum Gasteiger partial charge on any atom is 0.131 e. The smallest absolute Gasteiger partial charge is 0.131 e. The van der Waals surface area contributed by atoms with Gasteiger partial charge in [-0.2, -0.15) is 5.10 Å². The quantitative estimate of drug-likeness (QED) is 0.922. The van der Waals surface area contributed by atoms with Crippen molar-refractivity contribution in [3.63, 3.8) is 0 Å². The number of aromatic nitrogens is 2. The highest BCUT2D eigenvalue weighted by Crippen LogP contribution is 2.28. The zero-order valence-electron chi connectivity index (χ0n) is 12.6. The molecule has 4 nitrogen and oxygen atoms in total. The summed E-state index contributed by atoms with van der Waals surface area (Å²) in [7, 11) is 5.15. The molecule has 1 N–H and O–H groups in total. The molecular formula is C15H19ClFN3O. The van der Waals surface area contributed by atoms with Gasteiger partial charge in [0.05, 0.1) is 23.5 Å². The Balaban J connectivity index is 2.32. The number of methoxy groups -OCH3 is 1. The van der Waals surface area contributed by atoms with Crippen LogP contribution in [-0.2, 0) is 13.5 Å². The fraction of sp³-hybridized carbons (Fsp3) is 0.400. The van der Waals surface area contributed by atoms with E-state index in [-0.39, 0.29) is 11.9 Å². The van der Waals surface area contributed by atoms with Crippen molar-refractivity contribution < 1.29 is 9.13 Å². The molecule has 1 aromatic carbocycles. The van der Waals surface area contributed by atoms with Gasteiger partial charge in [0, 0.05) is 31.1 Å². The SMILES string of the molecule is CNC(Cc1c(Cl)c(C)nn1C)c1ccc(OC)cc1F. The first-order valence-corrected chi connectivity index (χ1v) is 7.04. The van der Waals surface area contributed by atoms with E-state index in [1.54, 1.807) is 23.9 Å². The molecule has 21 heavy (non-hydrogen) atoms. The molecule has 2 aromatic rings. The molecular weight excluding hydrogens is 293 g/mol. The van der Waals surface area contributed by atoms with Crippen LogP contribution in [0.2, 0.25) is 5.02 Å². The van der Waals surface area contributed by atoms with E-state index in [9.17, 15) is 4.39 Å². The Kier molecular flexibility index (Phi) is 4.85. The lowest BCUT2D eigenvalue weighted by Crippen LogP contribution is -2.21. The van der Waals surface area contributed by atoms with E-state index >= 15 is 0 Å². The minimum absolute atomic E-state index is 0.191. The summed E-state index contributed by atoms with van der Waals surface area (Å²) in [5.74, 6) is 0.198. The predicted octanol–water partition coefficient (Wildman–Crippen LogP) is 3.03. The summed E-state index contributed by atoms with van der Waals surface area (Å²) >= 11 is 6.27. The van der Waals surface area contributed by atoms with E-state index in [0.717, 1.165) is 11.4 Å². The molecule has 114 valence electrons. The number of halogens is 2. The van der Waals surface area contributed by atoms with Gasteiger partial charge in [-0.1, -0.05) is 17.7 Å². The molecule has 0 aliphatic carbocycles. The van der Waals surface area contributed by atoms with Crippen molar-refractivity contribution in [2.45, 2.75) is 19.4 Å². The predicted molar refractivity (Wildman–Crippen MR) is 81.4 cm³/mol. The second kappa shape index (κ2) is 6.45. The van der Waals surface area contributed by atoms with Crippen molar-refractivity contribution >= 4 is 11.6 Å². The van der Waals surface area contributed by atoms with Crippen LogP contribution >= 0.6 is 11.6 Å². The van der Waals surface area contributed by atoms with Crippen LogP contribution in [0.5, 0.6) is 5.75 Å². The van der Waals surface area contributed by atoms with Crippen molar-refractivity contribution in [2.75, 3.05) is 14.2 Å². The summed E-state index contributed by atoms with van der Waals surface area (Å²) in [5.41, 5.74) is 2.23. The highest BCUT2D eigenvalue weighted by molar-refractivity contribution is 6.31. The Bertz CT molecular complexity index is 642. The lowest BCUT2D eigenvalue weighted by Gasteiger charge is -2.18. The number of hydrogen-bond acceptors (Lipinski definition) is 3. The number of nitrogens with one attached hydrogen (secondary N) is 1. The van der Waals surface area contributed by atoms with Crippen LogP contribution in [-0.4, -0.2) is 23.9 Å². The molecule has 1 unspecified atom stereocenters. The van der Waals surface area contributed by atoms with Crippen LogP contribution in [0.1, 0.15) is 23.0 Å². The molecule has 1 aromatic heterocycles. The number of aryl methyl sites for hydroxylation is 2.